The van der Waals surface area contributed by atoms with Crippen molar-refractivity contribution in [2.45, 2.75) is 4.90 Å². The lowest BCUT2D eigenvalue weighted by Crippen LogP contribution is -2.49. The van der Waals surface area contributed by atoms with Gasteiger partial charge in [0.1, 0.15) is 5.82 Å². The van der Waals surface area contributed by atoms with Gasteiger partial charge < -0.3 is 14.7 Å². The number of anilines is 2. The number of piperazine rings is 1. The maximum absolute atomic E-state index is 13.7. The molecule has 41 heavy (non-hydrogen) atoms. The van der Waals surface area contributed by atoms with E-state index >= 15 is 0 Å². The molecule has 1 heterocycles. The van der Waals surface area contributed by atoms with Crippen molar-refractivity contribution in [2.75, 3.05) is 49.3 Å². The molecule has 210 valence electrons. The first kappa shape index (κ1) is 28.0. The van der Waals surface area contributed by atoms with Gasteiger partial charge in [0, 0.05) is 62.0 Å². The summed E-state index contributed by atoms with van der Waals surface area (Å²) in [6, 6.07) is 27.1. The van der Waals surface area contributed by atoms with E-state index in [0.717, 1.165) is 17.6 Å². The summed E-state index contributed by atoms with van der Waals surface area (Å²) in [5.41, 5.74) is 3.81. The zero-order chi connectivity index (χ0) is 29.1. The van der Waals surface area contributed by atoms with Crippen molar-refractivity contribution in [3.63, 3.8) is 0 Å². The number of rotatable bonds is 6. The summed E-state index contributed by atoms with van der Waals surface area (Å²) in [5, 5.41) is 0. The standard InChI is InChI=1S/C32H30FN3O4S/c1-34(31(37)24-6-4-3-5-7-24)26-12-14-27(15-13-26)35-18-20-36(21-19-35)32(38)30-22-28(41(2,39)40)16-17-29(30)23-8-10-25(33)11-9-23/h3-17,22H,18-21H2,1-2H3. The lowest BCUT2D eigenvalue weighted by atomic mass is 9.98. The number of carbonyl (C=O) groups excluding carboxylic acids is 2. The molecule has 4 aromatic carbocycles. The number of hydrogen-bond acceptors (Lipinski definition) is 5. The number of benzene rings is 4. The summed E-state index contributed by atoms with van der Waals surface area (Å²) >= 11 is 0. The molecule has 2 amide bonds. The van der Waals surface area contributed by atoms with Crippen LogP contribution in [-0.2, 0) is 9.84 Å². The molecule has 0 N–H and O–H groups in total. The van der Waals surface area contributed by atoms with Gasteiger partial charge in [0.25, 0.3) is 11.8 Å². The van der Waals surface area contributed by atoms with Gasteiger partial charge in [0.15, 0.2) is 9.84 Å². The van der Waals surface area contributed by atoms with E-state index in [9.17, 15) is 22.4 Å². The SMILES string of the molecule is CN(C(=O)c1ccccc1)c1ccc(N2CCN(C(=O)c3cc(S(C)(=O)=O)ccc3-c3ccc(F)cc3)CC2)cc1. The van der Waals surface area contributed by atoms with Crippen molar-refractivity contribution in [2.24, 2.45) is 0 Å². The zero-order valence-corrected chi connectivity index (χ0v) is 23.6. The topological polar surface area (TPSA) is 78.0 Å². The molecule has 0 aromatic heterocycles. The molecule has 7 nitrogen and oxygen atoms in total. The minimum absolute atomic E-state index is 0.0566. The van der Waals surface area contributed by atoms with E-state index in [0.29, 0.717) is 42.9 Å². The zero-order valence-electron chi connectivity index (χ0n) is 22.8. The first-order valence-electron chi connectivity index (χ1n) is 13.2. The molecule has 1 aliphatic heterocycles. The Kier molecular flexibility index (Phi) is 7.90. The predicted molar refractivity (Wildman–Crippen MR) is 159 cm³/mol. The number of halogens is 1. The average Bonchev–Trinajstić information content (AvgIpc) is 3.00. The van der Waals surface area contributed by atoms with Gasteiger partial charge in [-0.25, -0.2) is 12.8 Å². The molecule has 1 saturated heterocycles. The van der Waals surface area contributed by atoms with Crippen molar-refractivity contribution < 1.29 is 22.4 Å². The van der Waals surface area contributed by atoms with Gasteiger partial charge in [0.05, 0.1) is 4.90 Å². The molecule has 0 radical (unpaired) electrons. The van der Waals surface area contributed by atoms with Crippen molar-refractivity contribution in [1.82, 2.24) is 4.90 Å². The maximum Gasteiger partial charge on any atom is 0.258 e. The Morgan fingerprint density at radius 2 is 1.44 bits per heavy atom. The van der Waals surface area contributed by atoms with Gasteiger partial charge in [-0.1, -0.05) is 36.4 Å². The third-order valence-electron chi connectivity index (χ3n) is 7.30. The maximum atomic E-state index is 13.7. The van der Waals surface area contributed by atoms with Crippen LogP contribution < -0.4 is 9.80 Å². The number of hydrogen-bond donors (Lipinski definition) is 0. The summed E-state index contributed by atoms with van der Waals surface area (Å²) in [4.78, 5) is 32.0. The third kappa shape index (κ3) is 6.15. The molecule has 9 heteroatoms. The summed E-state index contributed by atoms with van der Waals surface area (Å²) in [6.07, 6.45) is 1.10. The fraction of sp³-hybridized carbons (Fsp3) is 0.188. The lowest BCUT2D eigenvalue weighted by Gasteiger charge is -2.36. The second-order valence-electron chi connectivity index (χ2n) is 10.0. The molecule has 0 atom stereocenters. The molecule has 0 spiro atoms. The van der Waals surface area contributed by atoms with E-state index in [-0.39, 0.29) is 22.3 Å². The van der Waals surface area contributed by atoms with Gasteiger partial charge in [-0.05, 0) is 71.8 Å². The van der Waals surface area contributed by atoms with Crippen LogP contribution in [0.2, 0.25) is 0 Å². The number of sulfone groups is 1. The molecule has 1 aliphatic rings. The normalized spacial score (nSPS) is 13.6. The molecule has 5 rings (SSSR count). The van der Waals surface area contributed by atoms with Gasteiger partial charge in [0.2, 0.25) is 0 Å². The highest BCUT2D eigenvalue weighted by Gasteiger charge is 2.26. The Hall–Kier alpha value is -4.50. The monoisotopic (exact) mass is 571 g/mol. The van der Waals surface area contributed by atoms with Crippen LogP contribution in [0.15, 0.2) is 102 Å². The Bertz CT molecular complexity index is 1670. The van der Waals surface area contributed by atoms with E-state index < -0.39 is 15.7 Å². The van der Waals surface area contributed by atoms with Crippen molar-refractivity contribution in [1.29, 1.82) is 0 Å². The molecule has 4 aromatic rings. The van der Waals surface area contributed by atoms with Gasteiger partial charge in [-0.2, -0.15) is 0 Å². The van der Waals surface area contributed by atoms with Crippen LogP contribution in [0.1, 0.15) is 20.7 Å². The lowest BCUT2D eigenvalue weighted by molar-refractivity contribution is 0.0747. The van der Waals surface area contributed by atoms with Crippen molar-refractivity contribution >= 4 is 33.0 Å². The number of carbonyl (C=O) groups is 2. The molecule has 1 fully saturated rings. The van der Waals surface area contributed by atoms with Crippen LogP contribution in [-0.4, -0.2) is 64.6 Å². The van der Waals surface area contributed by atoms with Crippen molar-refractivity contribution in [3.05, 3.63) is 114 Å². The Labute approximate surface area is 239 Å². The number of nitrogens with zero attached hydrogens (tertiary/aromatic N) is 3. The third-order valence-corrected chi connectivity index (χ3v) is 8.41. The first-order valence-corrected chi connectivity index (χ1v) is 15.1. The fourth-order valence-corrected chi connectivity index (χ4v) is 5.58. The number of amides is 2. The summed E-state index contributed by atoms with van der Waals surface area (Å²) in [5.74, 6) is -0.760. The summed E-state index contributed by atoms with van der Waals surface area (Å²) in [7, 11) is -1.79. The molecule has 0 aliphatic carbocycles. The summed E-state index contributed by atoms with van der Waals surface area (Å²) < 4.78 is 38.0. The van der Waals surface area contributed by atoms with Crippen LogP contribution in [0.25, 0.3) is 11.1 Å². The van der Waals surface area contributed by atoms with Crippen LogP contribution in [0.5, 0.6) is 0 Å². The van der Waals surface area contributed by atoms with E-state index in [1.807, 2.05) is 42.5 Å². The Morgan fingerprint density at radius 3 is 2.05 bits per heavy atom. The minimum Gasteiger partial charge on any atom is -0.368 e. The van der Waals surface area contributed by atoms with Crippen LogP contribution in [0.4, 0.5) is 15.8 Å². The van der Waals surface area contributed by atoms with Crippen LogP contribution in [0, 0.1) is 5.82 Å². The Balaban J connectivity index is 1.30. The van der Waals surface area contributed by atoms with Crippen molar-refractivity contribution in [3.8, 4) is 11.1 Å². The quantitative estimate of drug-likeness (QED) is 0.321. The molecule has 0 bridgehead atoms. The highest BCUT2D eigenvalue weighted by atomic mass is 32.2. The average molecular weight is 572 g/mol. The largest absolute Gasteiger partial charge is 0.368 e. The van der Waals surface area contributed by atoms with E-state index in [1.165, 1.54) is 24.3 Å². The fourth-order valence-electron chi connectivity index (χ4n) is 4.93. The van der Waals surface area contributed by atoms with Gasteiger partial charge in [-0.15, -0.1) is 0 Å². The smallest absolute Gasteiger partial charge is 0.258 e. The van der Waals surface area contributed by atoms with E-state index in [4.69, 9.17) is 0 Å². The minimum atomic E-state index is -3.53. The molecule has 0 unspecified atom stereocenters. The van der Waals surface area contributed by atoms with Gasteiger partial charge in [-0.3, -0.25) is 9.59 Å². The second kappa shape index (κ2) is 11.5. The molecular formula is C32H30FN3O4S. The second-order valence-corrected chi connectivity index (χ2v) is 12.0. The summed E-state index contributed by atoms with van der Waals surface area (Å²) in [6.45, 7) is 2.06. The van der Waals surface area contributed by atoms with E-state index in [1.54, 1.807) is 47.2 Å². The van der Waals surface area contributed by atoms with Crippen LogP contribution in [0.3, 0.4) is 0 Å². The van der Waals surface area contributed by atoms with Crippen LogP contribution >= 0.6 is 0 Å². The van der Waals surface area contributed by atoms with E-state index in [2.05, 4.69) is 4.90 Å². The molecule has 0 saturated carbocycles. The highest BCUT2D eigenvalue weighted by Crippen LogP contribution is 2.29. The predicted octanol–water partition coefficient (Wildman–Crippen LogP) is 5.14. The molecular weight excluding hydrogens is 541 g/mol. The Morgan fingerprint density at radius 1 is 0.805 bits per heavy atom. The first-order chi connectivity index (χ1) is 19.6. The highest BCUT2D eigenvalue weighted by molar-refractivity contribution is 7.90. The van der Waals surface area contributed by atoms with Gasteiger partial charge >= 0.3 is 0 Å².